The monoisotopic (exact) mass is 245 g/mol. The number of nitrogens with one attached hydrogen (secondary N) is 1. The van der Waals surface area contributed by atoms with Crippen molar-refractivity contribution >= 4 is 29.0 Å². The van der Waals surface area contributed by atoms with Gasteiger partial charge in [0.25, 0.3) is 10.0 Å². The standard InChI is InChI=1S/C12H12BNO2S/c13-10-6-8-12(9-7-10)17(15,16)14-11-4-2-1-3-5-11/h1-9,14H,13H2. The Bertz CT molecular complexity index is 594. The van der Waals surface area contributed by atoms with Crippen LogP contribution >= 0.6 is 0 Å². The summed E-state index contributed by atoms with van der Waals surface area (Å²) in [5, 5.41) is 0. The summed E-state index contributed by atoms with van der Waals surface area (Å²) in [6.45, 7) is 0. The van der Waals surface area contributed by atoms with Crippen LogP contribution in [0.15, 0.2) is 59.5 Å². The first-order valence-corrected chi connectivity index (χ1v) is 6.71. The molecule has 0 saturated heterocycles. The van der Waals surface area contributed by atoms with Crippen molar-refractivity contribution in [1.29, 1.82) is 0 Å². The fraction of sp³-hybridized carbons (Fsp3) is 0. The highest BCUT2D eigenvalue weighted by Crippen LogP contribution is 2.14. The predicted octanol–water partition coefficient (Wildman–Crippen LogP) is 0.746. The molecule has 0 heterocycles. The summed E-state index contributed by atoms with van der Waals surface area (Å²) in [6.07, 6.45) is 0. The van der Waals surface area contributed by atoms with E-state index in [9.17, 15) is 8.42 Å². The summed E-state index contributed by atoms with van der Waals surface area (Å²) in [6, 6.07) is 15.6. The van der Waals surface area contributed by atoms with E-state index in [1.54, 1.807) is 48.5 Å². The largest absolute Gasteiger partial charge is 0.280 e. The summed E-state index contributed by atoms with van der Waals surface area (Å²) in [5.74, 6) is 0. The molecule has 3 nitrogen and oxygen atoms in total. The van der Waals surface area contributed by atoms with E-state index in [1.165, 1.54) is 0 Å². The van der Waals surface area contributed by atoms with Crippen LogP contribution in [0.4, 0.5) is 5.69 Å². The van der Waals surface area contributed by atoms with E-state index in [0.717, 1.165) is 5.46 Å². The molecule has 1 N–H and O–H groups in total. The molecule has 0 aromatic heterocycles. The number of hydrogen-bond acceptors (Lipinski definition) is 2. The lowest BCUT2D eigenvalue weighted by Gasteiger charge is -2.07. The molecule has 2 rings (SSSR count). The molecule has 17 heavy (non-hydrogen) atoms. The van der Waals surface area contributed by atoms with Crippen molar-refractivity contribution < 1.29 is 8.42 Å². The van der Waals surface area contributed by atoms with Crippen molar-refractivity contribution in [2.45, 2.75) is 4.90 Å². The van der Waals surface area contributed by atoms with Crippen LogP contribution in [0.1, 0.15) is 0 Å². The number of para-hydroxylation sites is 1. The maximum Gasteiger partial charge on any atom is 0.261 e. The Morgan fingerprint density at radius 2 is 1.47 bits per heavy atom. The molecule has 0 aliphatic heterocycles. The van der Waals surface area contributed by atoms with Gasteiger partial charge in [-0.1, -0.05) is 35.8 Å². The molecule has 0 radical (unpaired) electrons. The summed E-state index contributed by atoms with van der Waals surface area (Å²) in [4.78, 5) is 0.270. The molecular formula is C12H12BNO2S. The van der Waals surface area contributed by atoms with Gasteiger partial charge in [-0.05, 0) is 24.3 Å². The average molecular weight is 245 g/mol. The predicted molar refractivity (Wildman–Crippen MR) is 71.9 cm³/mol. The summed E-state index contributed by atoms with van der Waals surface area (Å²) < 4.78 is 26.5. The molecule has 2 aromatic rings. The molecule has 0 fully saturated rings. The lowest BCUT2D eigenvalue weighted by molar-refractivity contribution is 0.601. The average Bonchev–Trinajstić information content (AvgIpc) is 2.30. The fourth-order valence-electron chi connectivity index (χ4n) is 1.44. The second-order valence-electron chi connectivity index (χ2n) is 3.78. The van der Waals surface area contributed by atoms with Gasteiger partial charge in [0, 0.05) is 5.69 Å². The van der Waals surface area contributed by atoms with Crippen molar-refractivity contribution in [3.8, 4) is 0 Å². The van der Waals surface area contributed by atoms with Crippen LogP contribution in [0.5, 0.6) is 0 Å². The Morgan fingerprint density at radius 1 is 0.882 bits per heavy atom. The Labute approximate surface area is 102 Å². The highest BCUT2D eigenvalue weighted by molar-refractivity contribution is 7.92. The summed E-state index contributed by atoms with van der Waals surface area (Å²) in [5.41, 5.74) is 1.59. The Morgan fingerprint density at radius 3 is 2.06 bits per heavy atom. The number of hydrogen-bond donors (Lipinski definition) is 1. The minimum Gasteiger partial charge on any atom is -0.280 e. The minimum absolute atomic E-state index is 0.270. The van der Waals surface area contributed by atoms with Crippen LogP contribution in [0, 0.1) is 0 Å². The van der Waals surface area contributed by atoms with Crippen LogP contribution < -0.4 is 10.2 Å². The Hall–Kier alpha value is -1.75. The van der Waals surface area contributed by atoms with E-state index < -0.39 is 10.0 Å². The van der Waals surface area contributed by atoms with E-state index in [-0.39, 0.29) is 4.90 Å². The van der Waals surface area contributed by atoms with Gasteiger partial charge in [-0.3, -0.25) is 4.72 Å². The molecular weight excluding hydrogens is 233 g/mol. The van der Waals surface area contributed by atoms with Crippen LogP contribution in [-0.2, 0) is 10.0 Å². The fourth-order valence-corrected chi connectivity index (χ4v) is 2.50. The zero-order chi connectivity index (χ0) is 12.3. The normalized spacial score (nSPS) is 11.1. The molecule has 0 aliphatic rings. The zero-order valence-corrected chi connectivity index (χ0v) is 10.2. The number of benzene rings is 2. The Kier molecular flexibility index (Phi) is 3.20. The third-order valence-corrected chi connectivity index (χ3v) is 3.75. The van der Waals surface area contributed by atoms with Gasteiger partial charge in [-0.2, -0.15) is 0 Å². The Balaban J connectivity index is 2.29. The maximum absolute atomic E-state index is 12.0. The second kappa shape index (κ2) is 4.63. The van der Waals surface area contributed by atoms with Crippen molar-refractivity contribution in [2.75, 3.05) is 4.72 Å². The topological polar surface area (TPSA) is 46.2 Å². The lowest BCUT2D eigenvalue weighted by atomic mass is 9.97. The first kappa shape index (κ1) is 11.7. The van der Waals surface area contributed by atoms with Gasteiger partial charge in [-0.25, -0.2) is 8.42 Å². The van der Waals surface area contributed by atoms with Crippen LogP contribution in [0.25, 0.3) is 0 Å². The van der Waals surface area contributed by atoms with Gasteiger partial charge in [0.15, 0.2) is 0 Å². The summed E-state index contributed by atoms with van der Waals surface area (Å²) >= 11 is 0. The SMILES string of the molecule is Bc1ccc(S(=O)(=O)Nc2ccccc2)cc1. The van der Waals surface area contributed by atoms with E-state index in [0.29, 0.717) is 5.69 Å². The first-order chi connectivity index (χ1) is 8.08. The van der Waals surface area contributed by atoms with E-state index >= 15 is 0 Å². The van der Waals surface area contributed by atoms with E-state index in [4.69, 9.17) is 0 Å². The highest BCUT2D eigenvalue weighted by Gasteiger charge is 2.12. The van der Waals surface area contributed by atoms with Crippen molar-refractivity contribution in [3.63, 3.8) is 0 Å². The number of anilines is 1. The van der Waals surface area contributed by atoms with Crippen molar-refractivity contribution in [2.24, 2.45) is 0 Å². The second-order valence-corrected chi connectivity index (χ2v) is 5.47. The molecule has 86 valence electrons. The van der Waals surface area contributed by atoms with E-state index in [1.807, 2.05) is 13.9 Å². The van der Waals surface area contributed by atoms with Gasteiger partial charge < -0.3 is 0 Å². The maximum atomic E-state index is 12.0. The smallest absolute Gasteiger partial charge is 0.261 e. The van der Waals surface area contributed by atoms with Crippen molar-refractivity contribution in [1.82, 2.24) is 0 Å². The lowest BCUT2D eigenvalue weighted by Crippen LogP contribution is -2.14. The number of sulfonamides is 1. The van der Waals surface area contributed by atoms with Gasteiger partial charge in [0.2, 0.25) is 0 Å². The molecule has 2 aromatic carbocycles. The quantitative estimate of drug-likeness (QED) is 0.811. The molecule has 0 amide bonds. The summed E-state index contributed by atoms with van der Waals surface area (Å²) in [7, 11) is -1.56. The first-order valence-electron chi connectivity index (χ1n) is 5.22. The van der Waals surface area contributed by atoms with Gasteiger partial charge in [0.05, 0.1) is 4.90 Å². The number of rotatable bonds is 3. The van der Waals surface area contributed by atoms with Crippen LogP contribution in [0.2, 0.25) is 0 Å². The molecule has 0 spiro atoms. The van der Waals surface area contributed by atoms with Crippen molar-refractivity contribution in [3.05, 3.63) is 54.6 Å². The van der Waals surface area contributed by atoms with Crippen LogP contribution in [-0.4, -0.2) is 16.3 Å². The third kappa shape index (κ3) is 2.88. The molecule has 0 atom stereocenters. The van der Waals surface area contributed by atoms with E-state index in [2.05, 4.69) is 4.72 Å². The zero-order valence-electron chi connectivity index (χ0n) is 9.42. The minimum atomic E-state index is -3.48. The molecule has 0 unspecified atom stereocenters. The van der Waals surface area contributed by atoms with Gasteiger partial charge in [-0.15, -0.1) is 0 Å². The van der Waals surface area contributed by atoms with Gasteiger partial charge in [0.1, 0.15) is 7.85 Å². The molecule has 0 saturated carbocycles. The van der Waals surface area contributed by atoms with Gasteiger partial charge >= 0.3 is 0 Å². The third-order valence-electron chi connectivity index (χ3n) is 2.36. The van der Waals surface area contributed by atoms with Crippen LogP contribution in [0.3, 0.4) is 0 Å². The molecule has 0 aliphatic carbocycles. The molecule has 0 bridgehead atoms. The highest BCUT2D eigenvalue weighted by atomic mass is 32.2. The molecule has 5 heteroatoms.